The van der Waals surface area contributed by atoms with E-state index in [0.29, 0.717) is 18.1 Å². The number of anilines is 1. The second-order valence-electron chi connectivity index (χ2n) is 6.60. The number of ether oxygens (including phenoxy) is 1. The van der Waals surface area contributed by atoms with Crippen molar-refractivity contribution in [2.24, 2.45) is 5.10 Å². The van der Waals surface area contributed by atoms with Gasteiger partial charge in [0.1, 0.15) is 11.6 Å². The third kappa shape index (κ3) is 3.87. The Labute approximate surface area is 169 Å². The van der Waals surface area contributed by atoms with E-state index in [4.69, 9.17) is 21.4 Å². The second-order valence-corrected chi connectivity index (χ2v) is 7.04. The average Bonchev–Trinajstić information content (AvgIpc) is 3.15. The van der Waals surface area contributed by atoms with Crippen molar-refractivity contribution < 1.29 is 9.13 Å². The molecule has 1 heterocycles. The van der Waals surface area contributed by atoms with Gasteiger partial charge in [0.05, 0.1) is 24.0 Å². The highest BCUT2D eigenvalue weighted by atomic mass is 35.5. The Hall–Kier alpha value is -2.85. The molecule has 28 heavy (non-hydrogen) atoms. The smallest absolute Gasteiger partial charge is 0.123 e. The molecule has 142 valence electrons. The minimum absolute atomic E-state index is 0.0272. The van der Waals surface area contributed by atoms with Gasteiger partial charge >= 0.3 is 0 Å². The third-order valence-electron chi connectivity index (χ3n) is 4.74. The zero-order valence-corrected chi connectivity index (χ0v) is 16.2. The van der Waals surface area contributed by atoms with Gasteiger partial charge in [-0.25, -0.2) is 4.39 Å². The second kappa shape index (κ2) is 8.03. The summed E-state index contributed by atoms with van der Waals surface area (Å²) in [5.41, 5.74) is 3.92. The van der Waals surface area contributed by atoms with Crippen LogP contribution in [0.4, 0.5) is 10.1 Å². The molecule has 3 aromatic carbocycles. The molecule has 1 aliphatic rings. The first-order chi connectivity index (χ1) is 13.6. The van der Waals surface area contributed by atoms with Gasteiger partial charge in [-0.2, -0.15) is 5.10 Å². The lowest BCUT2D eigenvalue weighted by Crippen LogP contribution is -2.18. The Morgan fingerprint density at radius 1 is 1.07 bits per heavy atom. The molecule has 0 spiro atoms. The normalized spacial score (nSPS) is 16.2. The quantitative estimate of drug-likeness (QED) is 0.512. The first kappa shape index (κ1) is 18.5. The molecule has 3 nitrogen and oxygen atoms in total. The highest BCUT2D eigenvalue weighted by Crippen LogP contribution is 2.37. The molecule has 0 fully saturated rings. The summed E-state index contributed by atoms with van der Waals surface area (Å²) in [5.74, 6) is 0.593. The molecule has 5 heteroatoms. The van der Waals surface area contributed by atoms with Gasteiger partial charge in [-0.05, 0) is 72.6 Å². The molecular formula is C23H20ClFN2O. The first-order valence-electron chi connectivity index (χ1n) is 9.25. The van der Waals surface area contributed by atoms with E-state index < -0.39 is 0 Å². The van der Waals surface area contributed by atoms with E-state index in [2.05, 4.69) is 0 Å². The molecule has 0 unspecified atom stereocenters. The van der Waals surface area contributed by atoms with Gasteiger partial charge in [0, 0.05) is 11.4 Å². The van der Waals surface area contributed by atoms with Crippen LogP contribution in [0.25, 0.3) is 0 Å². The van der Waals surface area contributed by atoms with Crippen molar-refractivity contribution in [1.29, 1.82) is 0 Å². The van der Waals surface area contributed by atoms with Crippen LogP contribution in [0.15, 0.2) is 77.9 Å². The van der Waals surface area contributed by atoms with Crippen molar-refractivity contribution in [3.63, 3.8) is 0 Å². The lowest BCUT2D eigenvalue weighted by Gasteiger charge is -2.24. The fourth-order valence-corrected chi connectivity index (χ4v) is 3.58. The predicted molar refractivity (Wildman–Crippen MR) is 112 cm³/mol. The predicted octanol–water partition coefficient (Wildman–Crippen LogP) is 6.23. The van der Waals surface area contributed by atoms with Gasteiger partial charge in [0.2, 0.25) is 0 Å². The molecule has 0 saturated heterocycles. The molecule has 4 rings (SSSR count). The Bertz CT molecular complexity index is 986. The monoisotopic (exact) mass is 394 g/mol. The highest BCUT2D eigenvalue weighted by Gasteiger charge is 2.30. The van der Waals surface area contributed by atoms with Crippen LogP contribution in [-0.2, 0) is 0 Å². The van der Waals surface area contributed by atoms with Crippen LogP contribution in [0.2, 0.25) is 5.02 Å². The summed E-state index contributed by atoms with van der Waals surface area (Å²) in [6, 6.07) is 22.1. The fourth-order valence-electron chi connectivity index (χ4n) is 3.40. The third-order valence-corrected chi connectivity index (χ3v) is 4.97. The Kier molecular flexibility index (Phi) is 5.31. The van der Waals surface area contributed by atoms with Crippen molar-refractivity contribution in [2.45, 2.75) is 19.4 Å². The molecule has 0 bridgehead atoms. The summed E-state index contributed by atoms with van der Waals surface area (Å²) < 4.78 is 18.9. The summed E-state index contributed by atoms with van der Waals surface area (Å²) in [4.78, 5) is 0. The number of hydrogen-bond donors (Lipinski definition) is 0. The summed E-state index contributed by atoms with van der Waals surface area (Å²) in [5, 5.41) is 7.50. The fraction of sp³-hybridized carbons (Fsp3) is 0.174. The standard InChI is InChI=1S/C23H20ClFN2O/c1-2-28-21-12-8-16(9-13-21)22-15-23(17-6-10-19(25)11-7-17)27(26-22)20-5-3-4-18(24)14-20/h3-14,23H,2,15H2,1H3/t23-/m0/s1. The Morgan fingerprint density at radius 3 is 2.50 bits per heavy atom. The summed E-state index contributed by atoms with van der Waals surface area (Å²) >= 11 is 6.20. The molecule has 3 aromatic rings. The number of nitrogens with zero attached hydrogens (tertiary/aromatic N) is 2. The molecule has 0 aliphatic carbocycles. The topological polar surface area (TPSA) is 24.8 Å². The average molecular weight is 395 g/mol. The van der Waals surface area contributed by atoms with Gasteiger partial charge in [0.25, 0.3) is 0 Å². The van der Waals surface area contributed by atoms with Crippen molar-refractivity contribution in [3.05, 3.63) is 94.8 Å². The van der Waals surface area contributed by atoms with E-state index in [1.165, 1.54) is 12.1 Å². The van der Waals surface area contributed by atoms with Crippen LogP contribution in [0.3, 0.4) is 0 Å². The minimum atomic E-state index is -0.247. The van der Waals surface area contributed by atoms with Gasteiger partial charge in [-0.1, -0.05) is 29.8 Å². The zero-order valence-electron chi connectivity index (χ0n) is 15.5. The molecular weight excluding hydrogens is 375 g/mol. The molecule has 0 aromatic heterocycles. The van der Waals surface area contributed by atoms with Crippen LogP contribution >= 0.6 is 11.6 Å². The van der Waals surface area contributed by atoms with Gasteiger partial charge in [-0.15, -0.1) is 0 Å². The number of rotatable bonds is 5. The van der Waals surface area contributed by atoms with Crippen LogP contribution in [0.5, 0.6) is 5.75 Å². The van der Waals surface area contributed by atoms with Crippen molar-refractivity contribution in [3.8, 4) is 5.75 Å². The van der Waals surface area contributed by atoms with Gasteiger partial charge in [-0.3, -0.25) is 5.01 Å². The van der Waals surface area contributed by atoms with Crippen LogP contribution in [0, 0.1) is 5.82 Å². The SMILES string of the molecule is CCOc1ccc(C2=NN(c3cccc(Cl)c3)[C@H](c3ccc(F)cc3)C2)cc1. The molecule has 1 atom stereocenters. The van der Waals surface area contributed by atoms with Crippen molar-refractivity contribution in [1.82, 2.24) is 0 Å². The van der Waals surface area contributed by atoms with Gasteiger partial charge in [0.15, 0.2) is 0 Å². The maximum absolute atomic E-state index is 13.4. The number of benzene rings is 3. The molecule has 0 saturated carbocycles. The molecule has 1 aliphatic heterocycles. The van der Waals surface area contributed by atoms with Crippen molar-refractivity contribution in [2.75, 3.05) is 11.6 Å². The maximum atomic E-state index is 13.4. The van der Waals surface area contributed by atoms with E-state index in [-0.39, 0.29) is 11.9 Å². The zero-order chi connectivity index (χ0) is 19.5. The van der Waals surface area contributed by atoms with E-state index in [1.807, 2.05) is 72.6 Å². The van der Waals surface area contributed by atoms with Crippen molar-refractivity contribution >= 4 is 23.0 Å². The van der Waals surface area contributed by atoms with E-state index in [0.717, 1.165) is 28.3 Å². The largest absolute Gasteiger partial charge is 0.494 e. The number of hydrogen-bond acceptors (Lipinski definition) is 3. The van der Waals surface area contributed by atoms with E-state index in [9.17, 15) is 4.39 Å². The Balaban J connectivity index is 1.70. The van der Waals surface area contributed by atoms with Crippen LogP contribution < -0.4 is 9.75 Å². The Morgan fingerprint density at radius 2 is 1.82 bits per heavy atom. The lowest BCUT2D eigenvalue weighted by molar-refractivity contribution is 0.340. The molecule has 0 amide bonds. The van der Waals surface area contributed by atoms with E-state index in [1.54, 1.807) is 0 Å². The summed E-state index contributed by atoms with van der Waals surface area (Å²) in [6.45, 7) is 2.60. The first-order valence-corrected chi connectivity index (χ1v) is 9.63. The lowest BCUT2D eigenvalue weighted by atomic mass is 9.98. The number of halogens is 2. The van der Waals surface area contributed by atoms with Gasteiger partial charge < -0.3 is 4.74 Å². The highest BCUT2D eigenvalue weighted by molar-refractivity contribution is 6.30. The maximum Gasteiger partial charge on any atom is 0.123 e. The number of hydrazone groups is 1. The molecule has 0 N–H and O–H groups in total. The van der Waals surface area contributed by atoms with E-state index >= 15 is 0 Å². The summed E-state index contributed by atoms with van der Waals surface area (Å²) in [6.07, 6.45) is 0.714. The molecule has 0 radical (unpaired) electrons. The van der Waals surface area contributed by atoms with Crippen LogP contribution in [0.1, 0.15) is 30.5 Å². The van der Waals surface area contributed by atoms with Crippen LogP contribution in [-0.4, -0.2) is 12.3 Å². The summed E-state index contributed by atoms with van der Waals surface area (Å²) in [7, 11) is 0. The minimum Gasteiger partial charge on any atom is -0.494 e.